The summed E-state index contributed by atoms with van der Waals surface area (Å²) in [7, 11) is 0. The van der Waals surface area contributed by atoms with Gasteiger partial charge in [0.25, 0.3) is 0 Å². The molecule has 1 aliphatic carbocycles. The first-order valence-corrected chi connectivity index (χ1v) is 6.54. The van der Waals surface area contributed by atoms with Crippen molar-refractivity contribution in [2.75, 3.05) is 6.54 Å². The lowest BCUT2D eigenvalue weighted by atomic mass is 9.84. The minimum Gasteiger partial charge on any atom is -0.312 e. The van der Waals surface area contributed by atoms with Crippen LogP contribution in [0, 0.1) is 5.92 Å². The first kappa shape index (κ1) is 10.5. The lowest BCUT2D eigenvalue weighted by Crippen LogP contribution is -2.42. The van der Waals surface area contributed by atoms with E-state index in [0.717, 1.165) is 5.92 Å². The Kier molecular flexibility index (Phi) is 3.48. The normalized spacial score (nSPS) is 35.8. The van der Waals surface area contributed by atoms with Crippen LogP contribution >= 0.6 is 0 Å². The van der Waals surface area contributed by atoms with Gasteiger partial charge in [-0.15, -0.1) is 0 Å². The average Bonchev–Trinajstić information content (AvgIpc) is 2.55. The minimum absolute atomic E-state index is 0.478. The average molecular weight is 195 g/mol. The SMILES string of the molecule is CC1(CC2CCCC2)CCCCCN1. The van der Waals surface area contributed by atoms with Crippen LogP contribution in [-0.2, 0) is 0 Å². The lowest BCUT2D eigenvalue weighted by molar-refractivity contribution is 0.269. The van der Waals surface area contributed by atoms with Crippen LogP contribution in [0.25, 0.3) is 0 Å². The minimum atomic E-state index is 0.478. The molecule has 0 aromatic carbocycles. The fourth-order valence-electron chi connectivity index (χ4n) is 3.32. The van der Waals surface area contributed by atoms with E-state index in [2.05, 4.69) is 12.2 Å². The molecule has 2 rings (SSSR count). The maximum Gasteiger partial charge on any atom is 0.0156 e. The molecule has 1 nitrogen and oxygen atoms in total. The molecule has 1 saturated heterocycles. The molecule has 1 heteroatoms. The third-order valence-electron chi connectivity index (χ3n) is 4.17. The fraction of sp³-hybridized carbons (Fsp3) is 1.00. The highest BCUT2D eigenvalue weighted by Gasteiger charge is 2.29. The molecule has 2 aliphatic rings. The summed E-state index contributed by atoms with van der Waals surface area (Å²) in [6, 6.07) is 0. The van der Waals surface area contributed by atoms with Crippen molar-refractivity contribution in [2.45, 2.75) is 70.3 Å². The third-order valence-corrected chi connectivity index (χ3v) is 4.17. The van der Waals surface area contributed by atoms with Crippen LogP contribution in [0.3, 0.4) is 0 Å². The van der Waals surface area contributed by atoms with E-state index in [1.807, 2.05) is 0 Å². The molecule has 0 radical (unpaired) electrons. The first-order valence-electron chi connectivity index (χ1n) is 6.54. The molecule has 1 unspecified atom stereocenters. The Hall–Kier alpha value is -0.0400. The molecule has 0 aromatic rings. The zero-order valence-corrected chi connectivity index (χ0v) is 9.65. The first-order chi connectivity index (χ1) is 6.79. The Balaban J connectivity index is 1.85. The highest BCUT2D eigenvalue weighted by molar-refractivity contribution is 4.88. The van der Waals surface area contributed by atoms with Crippen LogP contribution in [0.2, 0.25) is 0 Å². The molecule has 0 amide bonds. The molecule has 1 atom stereocenters. The second-order valence-corrected chi connectivity index (χ2v) is 5.65. The van der Waals surface area contributed by atoms with E-state index in [9.17, 15) is 0 Å². The summed E-state index contributed by atoms with van der Waals surface area (Å²) in [4.78, 5) is 0. The van der Waals surface area contributed by atoms with Crippen LogP contribution in [0.15, 0.2) is 0 Å². The molecule has 82 valence electrons. The Morgan fingerprint density at radius 1 is 1.07 bits per heavy atom. The summed E-state index contributed by atoms with van der Waals surface area (Å²) in [6.45, 7) is 3.71. The summed E-state index contributed by atoms with van der Waals surface area (Å²) in [5.74, 6) is 1.03. The second-order valence-electron chi connectivity index (χ2n) is 5.65. The Bertz CT molecular complexity index is 162. The lowest BCUT2D eigenvalue weighted by Gasteiger charge is -2.32. The summed E-state index contributed by atoms with van der Waals surface area (Å²) >= 11 is 0. The molecule has 1 N–H and O–H groups in total. The van der Waals surface area contributed by atoms with Crippen molar-refractivity contribution in [3.63, 3.8) is 0 Å². The van der Waals surface area contributed by atoms with Crippen LogP contribution in [0.5, 0.6) is 0 Å². The van der Waals surface area contributed by atoms with Gasteiger partial charge in [0.1, 0.15) is 0 Å². The van der Waals surface area contributed by atoms with E-state index < -0.39 is 0 Å². The van der Waals surface area contributed by atoms with Gasteiger partial charge in [-0.1, -0.05) is 38.5 Å². The highest BCUT2D eigenvalue weighted by atomic mass is 15.0. The van der Waals surface area contributed by atoms with Gasteiger partial charge in [-0.3, -0.25) is 0 Å². The molecule has 1 aliphatic heterocycles. The van der Waals surface area contributed by atoms with Crippen molar-refractivity contribution in [3.8, 4) is 0 Å². The van der Waals surface area contributed by atoms with E-state index in [1.54, 1.807) is 0 Å². The van der Waals surface area contributed by atoms with E-state index in [0.29, 0.717) is 5.54 Å². The van der Waals surface area contributed by atoms with E-state index in [-0.39, 0.29) is 0 Å². The summed E-state index contributed by atoms with van der Waals surface area (Å²) in [6.07, 6.45) is 13.1. The van der Waals surface area contributed by atoms with Crippen molar-refractivity contribution in [1.29, 1.82) is 0 Å². The van der Waals surface area contributed by atoms with Crippen molar-refractivity contribution in [3.05, 3.63) is 0 Å². The van der Waals surface area contributed by atoms with Gasteiger partial charge >= 0.3 is 0 Å². The largest absolute Gasteiger partial charge is 0.312 e. The van der Waals surface area contributed by atoms with Crippen molar-refractivity contribution < 1.29 is 0 Å². The quantitative estimate of drug-likeness (QED) is 0.711. The zero-order chi connectivity index (χ0) is 9.86. The Morgan fingerprint density at radius 2 is 1.86 bits per heavy atom. The fourth-order valence-corrected chi connectivity index (χ4v) is 3.32. The molecule has 1 saturated carbocycles. The maximum atomic E-state index is 3.78. The summed E-state index contributed by atoms with van der Waals surface area (Å²) in [5.41, 5.74) is 0.478. The van der Waals surface area contributed by atoms with E-state index in [1.165, 1.54) is 64.3 Å². The van der Waals surface area contributed by atoms with Crippen molar-refractivity contribution in [2.24, 2.45) is 5.92 Å². The van der Waals surface area contributed by atoms with Crippen LogP contribution in [-0.4, -0.2) is 12.1 Å². The van der Waals surface area contributed by atoms with Crippen LogP contribution in [0.1, 0.15) is 64.7 Å². The number of hydrogen-bond acceptors (Lipinski definition) is 1. The summed E-state index contributed by atoms with van der Waals surface area (Å²) < 4.78 is 0. The molecule has 14 heavy (non-hydrogen) atoms. The van der Waals surface area contributed by atoms with Crippen molar-refractivity contribution >= 4 is 0 Å². The van der Waals surface area contributed by atoms with Crippen LogP contribution < -0.4 is 5.32 Å². The van der Waals surface area contributed by atoms with Gasteiger partial charge in [0.05, 0.1) is 0 Å². The van der Waals surface area contributed by atoms with Gasteiger partial charge in [-0.2, -0.15) is 0 Å². The highest BCUT2D eigenvalue weighted by Crippen LogP contribution is 2.34. The molecule has 0 bridgehead atoms. The molecule has 1 heterocycles. The molecule has 0 spiro atoms. The Morgan fingerprint density at radius 3 is 2.64 bits per heavy atom. The number of nitrogens with one attached hydrogen (secondary N) is 1. The third kappa shape index (κ3) is 2.73. The van der Waals surface area contributed by atoms with E-state index in [4.69, 9.17) is 0 Å². The number of hydrogen-bond donors (Lipinski definition) is 1. The second kappa shape index (κ2) is 4.65. The topological polar surface area (TPSA) is 12.0 Å². The summed E-state index contributed by atoms with van der Waals surface area (Å²) in [5, 5.41) is 3.78. The monoisotopic (exact) mass is 195 g/mol. The Labute approximate surface area is 88.7 Å². The predicted octanol–water partition coefficient (Wildman–Crippen LogP) is 3.49. The maximum absolute atomic E-state index is 3.78. The van der Waals surface area contributed by atoms with Gasteiger partial charge < -0.3 is 5.32 Å². The van der Waals surface area contributed by atoms with Gasteiger partial charge in [0.15, 0.2) is 0 Å². The molecular formula is C13H25N. The smallest absolute Gasteiger partial charge is 0.0156 e. The standard InChI is InChI=1S/C13H25N/c1-13(9-5-2-6-10-14-13)11-12-7-3-4-8-12/h12,14H,2-11H2,1H3. The van der Waals surface area contributed by atoms with E-state index >= 15 is 0 Å². The van der Waals surface area contributed by atoms with Gasteiger partial charge in [-0.05, 0) is 38.6 Å². The number of rotatable bonds is 2. The molecule has 0 aromatic heterocycles. The molecular weight excluding hydrogens is 170 g/mol. The van der Waals surface area contributed by atoms with Crippen molar-refractivity contribution in [1.82, 2.24) is 5.32 Å². The van der Waals surface area contributed by atoms with Crippen LogP contribution in [0.4, 0.5) is 0 Å². The predicted molar refractivity (Wildman–Crippen MR) is 61.5 cm³/mol. The van der Waals surface area contributed by atoms with Gasteiger partial charge in [0.2, 0.25) is 0 Å². The van der Waals surface area contributed by atoms with Gasteiger partial charge in [-0.25, -0.2) is 0 Å². The van der Waals surface area contributed by atoms with Gasteiger partial charge in [0, 0.05) is 5.54 Å². The molecule has 2 fully saturated rings. The zero-order valence-electron chi connectivity index (χ0n) is 9.65.